The van der Waals surface area contributed by atoms with Gasteiger partial charge in [0, 0.05) is 32.6 Å². The van der Waals surface area contributed by atoms with Crippen molar-refractivity contribution in [1.29, 1.82) is 0 Å². The summed E-state index contributed by atoms with van der Waals surface area (Å²) in [5.74, 6) is 6.52. The van der Waals surface area contributed by atoms with Crippen LogP contribution >= 0.6 is 0 Å². The Morgan fingerprint density at radius 2 is 1.41 bits per heavy atom. The second kappa shape index (κ2) is 11.2. The minimum atomic E-state index is -0.236. The SMILES string of the molecule is N/N=C\C(=C(/Cc1ccccc1)OC(c1ccccc1)c1ccccc1)N1CCNCC1. The second-order valence-corrected chi connectivity index (χ2v) is 7.81. The summed E-state index contributed by atoms with van der Waals surface area (Å²) in [6.45, 7) is 3.59. The van der Waals surface area contributed by atoms with Crippen LogP contribution in [-0.4, -0.2) is 37.3 Å². The monoisotopic (exact) mass is 426 g/mol. The molecule has 1 aliphatic rings. The summed E-state index contributed by atoms with van der Waals surface area (Å²) in [6.07, 6.45) is 2.15. The lowest BCUT2D eigenvalue weighted by molar-refractivity contribution is 0.134. The van der Waals surface area contributed by atoms with E-state index in [2.05, 4.69) is 63.8 Å². The zero-order chi connectivity index (χ0) is 22.0. The van der Waals surface area contributed by atoms with Crippen LogP contribution in [0.1, 0.15) is 22.8 Å². The van der Waals surface area contributed by atoms with Gasteiger partial charge in [0.15, 0.2) is 0 Å². The van der Waals surface area contributed by atoms with E-state index in [9.17, 15) is 0 Å². The predicted octanol–water partition coefficient (Wildman–Crippen LogP) is 4.10. The molecule has 5 heteroatoms. The van der Waals surface area contributed by atoms with Gasteiger partial charge in [0.2, 0.25) is 0 Å². The molecule has 164 valence electrons. The molecule has 3 aromatic carbocycles. The molecule has 0 saturated carbocycles. The normalized spacial score (nSPS) is 15.1. The number of nitrogens with zero attached hydrogens (tertiary/aromatic N) is 2. The van der Waals surface area contributed by atoms with Crippen LogP contribution in [0.5, 0.6) is 0 Å². The molecule has 0 bridgehead atoms. The molecule has 0 atom stereocenters. The first-order chi connectivity index (χ1) is 15.8. The van der Waals surface area contributed by atoms with Crippen molar-refractivity contribution in [2.45, 2.75) is 12.5 Å². The molecule has 1 saturated heterocycles. The summed E-state index contributed by atoms with van der Waals surface area (Å²) < 4.78 is 6.87. The summed E-state index contributed by atoms with van der Waals surface area (Å²) in [4.78, 5) is 2.30. The van der Waals surface area contributed by atoms with Gasteiger partial charge in [-0.3, -0.25) is 0 Å². The third kappa shape index (κ3) is 5.56. The van der Waals surface area contributed by atoms with E-state index in [1.54, 1.807) is 6.21 Å². The molecule has 5 nitrogen and oxygen atoms in total. The highest BCUT2D eigenvalue weighted by molar-refractivity contribution is 5.78. The molecule has 0 aromatic heterocycles. The average molecular weight is 427 g/mol. The van der Waals surface area contributed by atoms with Crippen molar-refractivity contribution in [2.24, 2.45) is 10.9 Å². The number of ether oxygens (including phenoxy) is 1. The van der Waals surface area contributed by atoms with E-state index in [4.69, 9.17) is 10.6 Å². The Hall–Kier alpha value is -3.57. The molecule has 0 unspecified atom stereocenters. The number of nitrogens with two attached hydrogens (primary N) is 1. The lowest BCUT2D eigenvalue weighted by Gasteiger charge is -2.32. The molecule has 32 heavy (non-hydrogen) atoms. The highest BCUT2D eigenvalue weighted by Crippen LogP contribution is 2.31. The highest BCUT2D eigenvalue weighted by Gasteiger charge is 2.23. The number of hydrazone groups is 1. The molecule has 0 spiro atoms. The van der Waals surface area contributed by atoms with Gasteiger partial charge in [0.05, 0.1) is 11.9 Å². The van der Waals surface area contributed by atoms with Gasteiger partial charge in [0.25, 0.3) is 0 Å². The third-order valence-electron chi connectivity index (χ3n) is 5.61. The molecule has 0 aliphatic carbocycles. The largest absolute Gasteiger partial charge is 0.483 e. The van der Waals surface area contributed by atoms with Crippen LogP contribution in [0, 0.1) is 0 Å². The van der Waals surface area contributed by atoms with Crippen LogP contribution in [0.15, 0.2) is 108 Å². The number of piperazine rings is 1. The molecule has 0 radical (unpaired) electrons. The van der Waals surface area contributed by atoms with Crippen LogP contribution < -0.4 is 11.2 Å². The van der Waals surface area contributed by atoms with Crippen LogP contribution in [0.25, 0.3) is 0 Å². The maximum Gasteiger partial charge on any atom is 0.148 e. The quantitative estimate of drug-likeness (QED) is 0.246. The van der Waals surface area contributed by atoms with Gasteiger partial charge in [-0.15, -0.1) is 0 Å². The van der Waals surface area contributed by atoms with Gasteiger partial charge >= 0.3 is 0 Å². The third-order valence-corrected chi connectivity index (χ3v) is 5.61. The Kier molecular flexibility index (Phi) is 7.55. The number of hydrogen-bond donors (Lipinski definition) is 2. The van der Waals surface area contributed by atoms with E-state index in [0.29, 0.717) is 6.42 Å². The first-order valence-corrected chi connectivity index (χ1v) is 11.1. The molecule has 1 aliphatic heterocycles. The van der Waals surface area contributed by atoms with Crippen LogP contribution in [0.3, 0.4) is 0 Å². The van der Waals surface area contributed by atoms with E-state index in [1.165, 1.54) is 5.56 Å². The molecular weight excluding hydrogens is 396 g/mol. The zero-order valence-corrected chi connectivity index (χ0v) is 18.2. The molecule has 0 amide bonds. The van der Waals surface area contributed by atoms with E-state index in [0.717, 1.165) is 48.8 Å². The molecular formula is C27H30N4O. The Bertz CT molecular complexity index is 974. The summed E-state index contributed by atoms with van der Waals surface area (Å²) in [6, 6.07) is 31.1. The van der Waals surface area contributed by atoms with Crippen molar-refractivity contribution in [3.8, 4) is 0 Å². The van der Waals surface area contributed by atoms with E-state index < -0.39 is 0 Å². The van der Waals surface area contributed by atoms with Crippen molar-refractivity contribution in [3.05, 3.63) is 119 Å². The fraction of sp³-hybridized carbons (Fsp3) is 0.222. The Labute approximate surface area is 190 Å². The standard InChI is InChI=1S/C27H30N4O/c28-30-21-25(31-18-16-29-17-19-31)26(20-22-10-4-1-5-11-22)32-27(23-12-6-2-7-13-23)24-14-8-3-9-15-24/h1-15,21,27,29H,16-20,28H2/b26-25-,30-21-. The Morgan fingerprint density at radius 3 is 1.94 bits per heavy atom. The van der Waals surface area contributed by atoms with Gasteiger partial charge in [-0.05, 0) is 16.7 Å². The van der Waals surface area contributed by atoms with E-state index in [1.807, 2.05) is 42.5 Å². The van der Waals surface area contributed by atoms with Gasteiger partial charge in [-0.25, -0.2) is 0 Å². The summed E-state index contributed by atoms with van der Waals surface area (Å²) in [5, 5.41) is 7.31. The smallest absolute Gasteiger partial charge is 0.148 e. The van der Waals surface area contributed by atoms with Gasteiger partial charge < -0.3 is 20.8 Å². The molecule has 4 rings (SSSR count). The van der Waals surface area contributed by atoms with Crippen molar-refractivity contribution in [3.63, 3.8) is 0 Å². The van der Waals surface area contributed by atoms with Crippen molar-refractivity contribution < 1.29 is 4.74 Å². The number of rotatable bonds is 8. The summed E-state index contributed by atoms with van der Waals surface area (Å²) in [5.41, 5.74) is 4.33. The van der Waals surface area contributed by atoms with Crippen molar-refractivity contribution in [1.82, 2.24) is 10.2 Å². The lowest BCUT2D eigenvalue weighted by atomic mass is 10.0. The number of nitrogens with one attached hydrogen (secondary N) is 1. The highest BCUT2D eigenvalue weighted by atomic mass is 16.5. The predicted molar refractivity (Wildman–Crippen MR) is 130 cm³/mol. The maximum atomic E-state index is 6.87. The first kappa shape index (κ1) is 21.7. The zero-order valence-electron chi connectivity index (χ0n) is 18.2. The second-order valence-electron chi connectivity index (χ2n) is 7.81. The fourth-order valence-electron chi connectivity index (χ4n) is 4.01. The van der Waals surface area contributed by atoms with Gasteiger partial charge in [-0.1, -0.05) is 91.0 Å². The minimum absolute atomic E-state index is 0.236. The van der Waals surface area contributed by atoms with E-state index >= 15 is 0 Å². The molecule has 3 N–H and O–H groups in total. The lowest BCUT2D eigenvalue weighted by Crippen LogP contribution is -2.43. The number of allylic oxidation sites excluding steroid dienone is 2. The van der Waals surface area contributed by atoms with Crippen LogP contribution in [-0.2, 0) is 11.2 Å². The molecule has 3 aromatic rings. The van der Waals surface area contributed by atoms with Gasteiger partial charge in [0.1, 0.15) is 11.9 Å². The summed E-state index contributed by atoms with van der Waals surface area (Å²) in [7, 11) is 0. The number of benzene rings is 3. The minimum Gasteiger partial charge on any atom is -0.483 e. The Balaban J connectivity index is 1.78. The molecule has 1 heterocycles. The first-order valence-electron chi connectivity index (χ1n) is 11.1. The van der Waals surface area contributed by atoms with E-state index in [-0.39, 0.29) is 6.10 Å². The summed E-state index contributed by atoms with van der Waals surface area (Å²) >= 11 is 0. The topological polar surface area (TPSA) is 62.9 Å². The fourth-order valence-corrected chi connectivity index (χ4v) is 4.01. The Morgan fingerprint density at radius 1 is 0.875 bits per heavy atom. The number of hydrogen-bond acceptors (Lipinski definition) is 5. The van der Waals surface area contributed by atoms with Gasteiger partial charge in [-0.2, -0.15) is 5.10 Å². The van der Waals surface area contributed by atoms with Crippen LogP contribution in [0.2, 0.25) is 0 Å². The molecule has 1 fully saturated rings. The van der Waals surface area contributed by atoms with Crippen molar-refractivity contribution in [2.75, 3.05) is 26.2 Å². The van der Waals surface area contributed by atoms with Crippen molar-refractivity contribution >= 4 is 6.21 Å². The average Bonchev–Trinajstić information content (AvgIpc) is 2.87. The van der Waals surface area contributed by atoms with Crippen LogP contribution in [0.4, 0.5) is 0 Å². The maximum absolute atomic E-state index is 6.87.